The standard InChI is InChI=1S/C21H18F2N4O2/c22-13-6-7-14(15(23)9-13)17-19(10-24,11-25)20(12-26)16-5-3-1-2-4-8-21(16,28-17)29-18(20)27/h6-7,9,16-17,27H,1-5,8H2. The van der Waals surface area contributed by atoms with Crippen molar-refractivity contribution in [2.24, 2.45) is 16.7 Å². The maximum Gasteiger partial charge on any atom is 0.217 e. The molecule has 2 aliphatic heterocycles. The molecule has 4 unspecified atom stereocenters. The Labute approximate surface area is 166 Å². The lowest BCUT2D eigenvalue weighted by atomic mass is 9.52. The molecule has 3 fully saturated rings. The molecule has 148 valence electrons. The number of hydrogen-bond donors (Lipinski definition) is 1. The number of benzene rings is 1. The van der Waals surface area contributed by atoms with E-state index in [4.69, 9.17) is 14.9 Å². The molecule has 0 aromatic heterocycles. The highest BCUT2D eigenvalue weighted by Crippen LogP contribution is 2.68. The summed E-state index contributed by atoms with van der Waals surface area (Å²) in [5, 5.41) is 38.9. The van der Waals surface area contributed by atoms with Gasteiger partial charge in [-0.2, -0.15) is 15.8 Å². The van der Waals surface area contributed by atoms with Gasteiger partial charge in [-0.05, 0) is 18.9 Å². The van der Waals surface area contributed by atoms with E-state index in [0.29, 0.717) is 25.3 Å². The number of hydrogen-bond acceptors (Lipinski definition) is 6. The van der Waals surface area contributed by atoms with Crippen LogP contribution in [0.4, 0.5) is 8.78 Å². The predicted molar refractivity (Wildman–Crippen MR) is 94.6 cm³/mol. The van der Waals surface area contributed by atoms with Crippen molar-refractivity contribution in [2.45, 2.75) is 50.4 Å². The van der Waals surface area contributed by atoms with Crippen LogP contribution in [0.2, 0.25) is 0 Å². The highest BCUT2D eigenvalue weighted by Gasteiger charge is 2.80. The molecular formula is C21H18F2N4O2. The second-order valence-corrected chi connectivity index (χ2v) is 7.86. The molecule has 4 atom stereocenters. The Kier molecular flexibility index (Phi) is 4.33. The van der Waals surface area contributed by atoms with Crippen LogP contribution >= 0.6 is 0 Å². The SMILES string of the molecule is N#CC1(C#N)C(c2ccc(F)cc2F)OC23CCCCCCC2C1(C#N)C(=N)O3. The van der Waals surface area contributed by atoms with Crippen LogP contribution in [0.15, 0.2) is 18.2 Å². The van der Waals surface area contributed by atoms with Crippen LogP contribution in [0.3, 0.4) is 0 Å². The summed E-state index contributed by atoms with van der Waals surface area (Å²) in [5.74, 6) is -4.38. The van der Waals surface area contributed by atoms with Crippen LogP contribution in [0.5, 0.6) is 0 Å². The maximum atomic E-state index is 14.7. The second kappa shape index (κ2) is 6.51. The fraction of sp³-hybridized carbons (Fsp3) is 0.524. The molecule has 1 saturated carbocycles. The molecule has 3 aliphatic rings. The van der Waals surface area contributed by atoms with E-state index in [0.717, 1.165) is 31.4 Å². The normalized spacial score (nSPS) is 35.1. The summed E-state index contributed by atoms with van der Waals surface area (Å²) in [7, 11) is 0. The van der Waals surface area contributed by atoms with Crippen molar-refractivity contribution in [3.05, 3.63) is 35.4 Å². The lowest BCUT2D eigenvalue weighted by Gasteiger charge is -2.50. The minimum atomic E-state index is -2.22. The third-order valence-corrected chi connectivity index (χ3v) is 6.56. The summed E-state index contributed by atoms with van der Waals surface area (Å²) in [4.78, 5) is 0. The van der Waals surface area contributed by atoms with Crippen molar-refractivity contribution in [3.63, 3.8) is 0 Å². The van der Waals surface area contributed by atoms with Gasteiger partial charge in [-0.25, -0.2) is 8.78 Å². The minimum absolute atomic E-state index is 0.202. The molecule has 2 bridgehead atoms. The van der Waals surface area contributed by atoms with E-state index < -0.39 is 46.2 Å². The van der Waals surface area contributed by atoms with Gasteiger partial charge in [0.05, 0.1) is 24.1 Å². The average Bonchev–Trinajstić information content (AvgIpc) is 2.85. The van der Waals surface area contributed by atoms with Gasteiger partial charge in [0.25, 0.3) is 0 Å². The van der Waals surface area contributed by atoms with Crippen molar-refractivity contribution >= 4 is 5.90 Å². The van der Waals surface area contributed by atoms with E-state index in [1.807, 2.05) is 12.1 Å². The molecule has 8 heteroatoms. The number of halogens is 2. The van der Waals surface area contributed by atoms with Crippen LogP contribution in [0, 0.1) is 67.8 Å². The molecule has 0 amide bonds. The van der Waals surface area contributed by atoms with Gasteiger partial charge in [-0.1, -0.05) is 25.3 Å². The highest BCUT2D eigenvalue weighted by atomic mass is 19.1. The molecule has 0 spiro atoms. The van der Waals surface area contributed by atoms with Gasteiger partial charge in [0.1, 0.15) is 17.7 Å². The van der Waals surface area contributed by atoms with Crippen LogP contribution in [0.1, 0.15) is 50.2 Å². The fourth-order valence-corrected chi connectivity index (χ4v) is 5.21. The summed E-state index contributed by atoms with van der Waals surface area (Å²) in [5.41, 5.74) is -4.33. The van der Waals surface area contributed by atoms with E-state index in [2.05, 4.69) is 6.07 Å². The summed E-state index contributed by atoms with van der Waals surface area (Å²) < 4.78 is 40.2. The molecule has 1 aromatic rings. The molecule has 1 N–H and O–H groups in total. The number of nitrogens with one attached hydrogen (secondary N) is 1. The molecule has 1 aromatic carbocycles. The number of ether oxygens (including phenoxy) is 2. The smallest absolute Gasteiger partial charge is 0.217 e. The van der Waals surface area contributed by atoms with Crippen LogP contribution in [0.25, 0.3) is 0 Å². The first-order valence-electron chi connectivity index (χ1n) is 9.55. The van der Waals surface area contributed by atoms with Gasteiger partial charge in [-0.3, -0.25) is 5.41 Å². The molecule has 2 heterocycles. The third-order valence-electron chi connectivity index (χ3n) is 6.56. The van der Waals surface area contributed by atoms with E-state index in [-0.39, 0.29) is 5.56 Å². The molecule has 29 heavy (non-hydrogen) atoms. The van der Waals surface area contributed by atoms with Crippen LogP contribution in [-0.2, 0) is 9.47 Å². The van der Waals surface area contributed by atoms with E-state index in [9.17, 15) is 24.6 Å². The van der Waals surface area contributed by atoms with Gasteiger partial charge >= 0.3 is 0 Å². The fourth-order valence-electron chi connectivity index (χ4n) is 5.21. The largest absolute Gasteiger partial charge is 0.447 e. The summed E-state index contributed by atoms with van der Waals surface area (Å²) >= 11 is 0. The van der Waals surface area contributed by atoms with Crippen molar-refractivity contribution < 1.29 is 18.3 Å². The number of nitriles is 3. The molecule has 4 rings (SSSR count). The zero-order valence-electron chi connectivity index (χ0n) is 15.5. The van der Waals surface area contributed by atoms with Crippen molar-refractivity contribution in [1.29, 1.82) is 21.2 Å². The number of nitrogens with zero attached hydrogens (tertiary/aromatic N) is 3. The van der Waals surface area contributed by atoms with E-state index >= 15 is 0 Å². The second-order valence-electron chi connectivity index (χ2n) is 7.86. The molecule has 2 saturated heterocycles. The maximum absolute atomic E-state index is 14.7. The molecular weight excluding hydrogens is 378 g/mol. The lowest BCUT2D eigenvalue weighted by Crippen LogP contribution is -2.59. The molecule has 1 aliphatic carbocycles. The van der Waals surface area contributed by atoms with Crippen molar-refractivity contribution in [2.75, 3.05) is 0 Å². The summed E-state index contributed by atoms with van der Waals surface area (Å²) in [6, 6.07) is 8.59. The lowest BCUT2D eigenvalue weighted by molar-refractivity contribution is -0.289. The van der Waals surface area contributed by atoms with Gasteiger partial charge in [0.2, 0.25) is 17.1 Å². The Balaban J connectivity index is 2.00. The summed E-state index contributed by atoms with van der Waals surface area (Å²) in [6.07, 6.45) is 2.56. The predicted octanol–water partition coefficient (Wildman–Crippen LogP) is 4.25. The topological polar surface area (TPSA) is 114 Å². The quantitative estimate of drug-likeness (QED) is 0.762. The first kappa shape index (κ1) is 19.3. The van der Waals surface area contributed by atoms with Crippen molar-refractivity contribution in [3.8, 4) is 18.2 Å². The van der Waals surface area contributed by atoms with Crippen LogP contribution < -0.4 is 0 Å². The van der Waals surface area contributed by atoms with Gasteiger partial charge in [-0.15, -0.1) is 0 Å². The van der Waals surface area contributed by atoms with E-state index in [1.165, 1.54) is 0 Å². The first-order chi connectivity index (χ1) is 13.9. The zero-order chi connectivity index (χ0) is 20.9. The van der Waals surface area contributed by atoms with Crippen molar-refractivity contribution in [1.82, 2.24) is 0 Å². The Bertz CT molecular complexity index is 993. The van der Waals surface area contributed by atoms with Gasteiger partial charge < -0.3 is 9.47 Å². The Morgan fingerprint density at radius 3 is 2.41 bits per heavy atom. The van der Waals surface area contributed by atoms with Crippen LogP contribution in [-0.4, -0.2) is 11.7 Å². The van der Waals surface area contributed by atoms with Gasteiger partial charge in [0.15, 0.2) is 5.41 Å². The summed E-state index contributed by atoms with van der Waals surface area (Å²) in [6.45, 7) is 0. The third kappa shape index (κ3) is 2.29. The average molecular weight is 396 g/mol. The van der Waals surface area contributed by atoms with Gasteiger partial charge in [0, 0.05) is 18.1 Å². The molecule has 6 nitrogen and oxygen atoms in total. The monoisotopic (exact) mass is 396 g/mol. The Morgan fingerprint density at radius 1 is 1.03 bits per heavy atom. The van der Waals surface area contributed by atoms with E-state index in [1.54, 1.807) is 0 Å². The number of rotatable bonds is 1. The molecule has 0 radical (unpaired) electrons. The highest BCUT2D eigenvalue weighted by molar-refractivity contribution is 5.89. The zero-order valence-corrected chi connectivity index (χ0v) is 15.5. The first-order valence-corrected chi connectivity index (χ1v) is 9.55. The Morgan fingerprint density at radius 2 is 1.76 bits per heavy atom. The Hall–Kier alpha value is -3.02. The minimum Gasteiger partial charge on any atom is -0.447 e.